The van der Waals surface area contributed by atoms with Crippen molar-refractivity contribution in [1.82, 2.24) is 0 Å². The standard InChI is InChI=1S/C4H7NO2/c5-4(3-7)1-2-6/h2-4H,1,5H2. The first kappa shape index (κ1) is 6.30. The third-order valence-electron chi connectivity index (χ3n) is 0.543. The lowest BCUT2D eigenvalue weighted by atomic mass is 10.3. The molecule has 0 aromatic carbocycles. The zero-order valence-corrected chi connectivity index (χ0v) is 3.83. The summed E-state index contributed by atoms with van der Waals surface area (Å²) in [5, 5.41) is 0. The van der Waals surface area contributed by atoms with Gasteiger partial charge in [0.25, 0.3) is 0 Å². The smallest absolute Gasteiger partial charge is 0.137 e. The summed E-state index contributed by atoms with van der Waals surface area (Å²) in [4.78, 5) is 19.1. The highest BCUT2D eigenvalue weighted by Gasteiger charge is 1.93. The monoisotopic (exact) mass is 101 g/mol. The Morgan fingerprint density at radius 2 is 2.14 bits per heavy atom. The van der Waals surface area contributed by atoms with E-state index >= 15 is 0 Å². The average Bonchev–Trinajstić information content (AvgIpc) is 1.68. The van der Waals surface area contributed by atoms with Gasteiger partial charge in [-0.1, -0.05) is 0 Å². The van der Waals surface area contributed by atoms with Crippen LogP contribution in [0, 0.1) is 0 Å². The highest BCUT2D eigenvalue weighted by Crippen LogP contribution is 1.73. The fraction of sp³-hybridized carbons (Fsp3) is 0.500. The minimum absolute atomic E-state index is 0.128. The number of nitrogens with two attached hydrogens (primary N) is 1. The van der Waals surface area contributed by atoms with Crippen LogP contribution >= 0.6 is 0 Å². The maximum atomic E-state index is 9.61. The summed E-state index contributed by atoms with van der Waals surface area (Å²) in [5.41, 5.74) is 4.98. The highest BCUT2D eigenvalue weighted by atomic mass is 16.1. The molecule has 3 heteroatoms. The normalized spacial score (nSPS) is 12.7. The van der Waals surface area contributed by atoms with E-state index in [-0.39, 0.29) is 6.42 Å². The van der Waals surface area contributed by atoms with Gasteiger partial charge < -0.3 is 15.3 Å². The molecule has 0 aliphatic rings. The Kier molecular flexibility index (Phi) is 3.14. The Hall–Kier alpha value is -0.700. The second-order valence-electron chi connectivity index (χ2n) is 1.20. The molecule has 1 unspecified atom stereocenters. The van der Waals surface area contributed by atoms with Crippen molar-refractivity contribution in [2.45, 2.75) is 12.5 Å². The lowest BCUT2D eigenvalue weighted by molar-refractivity contribution is -0.113. The molecule has 0 saturated carbocycles. The summed E-state index contributed by atoms with van der Waals surface area (Å²) in [6.07, 6.45) is 1.30. The summed E-state index contributed by atoms with van der Waals surface area (Å²) in [6, 6.07) is -0.600. The van der Waals surface area contributed by atoms with Gasteiger partial charge in [-0.15, -0.1) is 0 Å². The third kappa shape index (κ3) is 3.12. The first-order valence-corrected chi connectivity index (χ1v) is 1.95. The predicted molar refractivity (Wildman–Crippen MR) is 24.7 cm³/mol. The molecule has 0 bridgehead atoms. The van der Waals surface area contributed by atoms with E-state index in [0.29, 0.717) is 12.6 Å². The van der Waals surface area contributed by atoms with Crippen molar-refractivity contribution in [3.05, 3.63) is 0 Å². The number of carbonyl (C=O) groups excluding carboxylic acids is 2. The molecule has 0 amide bonds. The zero-order valence-electron chi connectivity index (χ0n) is 3.83. The van der Waals surface area contributed by atoms with Gasteiger partial charge in [0.2, 0.25) is 0 Å². The van der Waals surface area contributed by atoms with Crippen LogP contribution in [0.15, 0.2) is 0 Å². The van der Waals surface area contributed by atoms with E-state index in [1.165, 1.54) is 0 Å². The zero-order chi connectivity index (χ0) is 5.70. The second kappa shape index (κ2) is 3.49. The van der Waals surface area contributed by atoms with Gasteiger partial charge in [-0.05, 0) is 0 Å². The molecule has 0 heterocycles. The van der Waals surface area contributed by atoms with Gasteiger partial charge in [-0.2, -0.15) is 0 Å². The Labute approximate surface area is 41.5 Å². The first-order chi connectivity index (χ1) is 3.31. The number of aldehydes is 2. The van der Waals surface area contributed by atoms with Crippen molar-refractivity contribution in [3.8, 4) is 0 Å². The topological polar surface area (TPSA) is 60.2 Å². The maximum absolute atomic E-state index is 9.61. The quantitative estimate of drug-likeness (QED) is 0.469. The summed E-state index contributed by atoms with van der Waals surface area (Å²) in [6.45, 7) is 0. The largest absolute Gasteiger partial charge is 0.321 e. The summed E-state index contributed by atoms with van der Waals surface area (Å²) in [5.74, 6) is 0. The third-order valence-corrected chi connectivity index (χ3v) is 0.543. The molecule has 0 radical (unpaired) electrons. The van der Waals surface area contributed by atoms with Crippen LogP contribution in [0.5, 0.6) is 0 Å². The Bertz CT molecular complexity index is 72.1. The van der Waals surface area contributed by atoms with E-state index in [2.05, 4.69) is 0 Å². The lowest BCUT2D eigenvalue weighted by Crippen LogP contribution is -2.21. The molecule has 3 nitrogen and oxygen atoms in total. The molecule has 7 heavy (non-hydrogen) atoms. The molecule has 0 saturated heterocycles. The lowest BCUT2D eigenvalue weighted by Gasteiger charge is -1.90. The summed E-state index contributed by atoms with van der Waals surface area (Å²) >= 11 is 0. The fourth-order valence-electron chi connectivity index (χ4n) is 0.167. The number of hydrogen-bond acceptors (Lipinski definition) is 3. The van der Waals surface area contributed by atoms with Crippen molar-refractivity contribution in [2.75, 3.05) is 0 Å². The van der Waals surface area contributed by atoms with Gasteiger partial charge in [0.05, 0.1) is 6.04 Å². The molecule has 40 valence electrons. The second-order valence-corrected chi connectivity index (χ2v) is 1.20. The van der Waals surface area contributed by atoms with E-state index in [4.69, 9.17) is 5.73 Å². The van der Waals surface area contributed by atoms with E-state index < -0.39 is 6.04 Å². The van der Waals surface area contributed by atoms with Gasteiger partial charge >= 0.3 is 0 Å². The molecule has 0 aromatic rings. The molecule has 0 aromatic heterocycles. The maximum Gasteiger partial charge on any atom is 0.137 e. The molecular weight excluding hydrogens is 94.0 g/mol. The number of carbonyl (C=O) groups is 2. The van der Waals surface area contributed by atoms with Crippen LogP contribution in [0.3, 0.4) is 0 Å². The van der Waals surface area contributed by atoms with Gasteiger partial charge in [-0.25, -0.2) is 0 Å². The molecular formula is C4H7NO2. The minimum atomic E-state index is -0.600. The van der Waals surface area contributed by atoms with Gasteiger partial charge in [0.1, 0.15) is 12.6 Å². The van der Waals surface area contributed by atoms with Crippen LogP contribution in [-0.2, 0) is 9.59 Å². The van der Waals surface area contributed by atoms with Crippen molar-refractivity contribution in [3.63, 3.8) is 0 Å². The molecule has 0 spiro atoms. The van der Waals surface area contributed by atoms with E-state index in [1.54, 1.807) is 0 Å². The predicted octanol–water partition coefficient (Wildman–Crippen LogP) is -0.898. The molecule has 0 fully saturated rings. The molecule has 0 rings (SSSR count). The minimum Gasteiger partial charge on any atom is -0.321 e. The fourth-order valence-corrected chi connectivity index (χ4v) is 0.167. The van der Waals surface area contributed by atoms with E-state index in [1.807, 2.05) is 0 Å². The van der Waals surface area contributed by atoms with Gasteiger partial charge in [0, 0.05) is 6.42 Å². The van der Waals surface area contributed by atoms with Crippen LogP contribution < -0.4 is 5.73 Å². The molecule has 2 N–H and O–H groups in total. The van der Waals surface area contributed by atoms with Crippen LogP contribution in [0.2, 0.25) is 0 Å². The molecule has 0 aliphatic heterocycles. The van der Waals surface area contributed by atoms with Gasteiger partial charge in [-0.3, -0.25) is 0 Å². The van der Waals surface area contributed by atoms with Gasteiger partial charge in [0.15, 0.2) is 0 Å². The molecule has 1 atom stereocenters. The summed E-state index contributed by atoms with van der Waals surface area (Å²) < 4.78 is 0. The Morgan fingerprint density at radius 3 is 2.29 bits per heavy atom. The summed E-state index contributed by atoms with van der Waals surface area (Å²) in [7, 11) is 0. The number of hydrogen-bond donors (Lipinski definition) is 1. The van der Waals surface area contributed by atoms with E-state index in [9.17, 15) is 9.59 Å². The molecule has 0 aliphatic carbocycles. The average molecular weight is 101 g/mol. The van der Waals surface area contributed by atoms with Crippen molar-refractivity contribution in [1.29, 1.82) is 0 Å². The first-order valence-electron chi connectivity index (χ1n) is 1.95. The van der Waals surface area contributed by atoms with E-state index in [0.717, 1.165) is 0 Å². The van der Waals surface area contributed by atoms with Crippen LogP contribution in [0.4, 0.5) is 0 Å². The van der Waals surface area contributed by atoms with Crippen molar-refractivity contribution >= 4 is 12.6 Å². The highest BCUT2D eigenvalue weighted by molar-refractivity contribution is 5.64. The number of rotatable bonds is 3. The van der Waals surface area contributed by atoms with Crippen molar-refractivity contribution in [2.24, 2.45) is 5.73 Å². The Morgan fingerprint density at radius 1 is 1.57 bits per heavy atom. The SMILES string of the molecule is NC(C=O)CC=O. The van der Waals surface area contributed by atoms with Crippen LogP contribution in [0.1, 0.15) is 6.42 Å². The van der Waals surface area contributed by atoms with Crippen LogP contribution in [-0.4, -0.2) is 18.6 Å². The Balaban J connectivity index is 3.15. The van der Waals surface area contributed by atoms with Crippen LogP contribution in [0.25, 0.3) is 0 Å². The van der Waals surface area contributed by atoms with Crippen molar-refractivity contribution < 1.29 is 9.59 Å².